The molecule has 0 spiro atoms. The standard InChI is InChI=1S/C5H3NO3/c7-5-1-3-4(9-5)2-8-6-3/h1-2,6H. The van der Waals surface area contributed by atoms with Crippen LogP contribution in [0.5, 0.6) is 0 Å². The molecule has 2 heterocycles. The van der Waals surface area contributed by atoms with Gasteiger partial charge in [0.05, 0.1) is 6.07 Å². The molecule has 2 aliphatic rings. The van der Waals surface area contributed by atoms with Gasteiger partial charge in [-0.15, -0.1) is 0 Å². The van der Waals surface area contributed by atoms with Gasteiger partial charge in [-0.05, 0) is 0 Å². The van der Waals surface area contributed by atoms with Gasteiger partial charge in [0.1, 0.15) is 5.69 Å². The molecule has 2 aliphatic heterocycles. The van der Waals surface area contributed by atoms with Crippen LogP contribution in [-0.2, 0) is 0 Å². The van der Waals surface area contributed by atoms with Crippen molar-refractivity contribution in [2.45, 2.75) is 0 Å². The van der Waals surface area contributed by atoms with E-state index >= 15 is 0 Å². The number of H-pyrrole nitrogens is 1. The summed E-state index contributed by atoms with van der Waals surface area (Å²) in [4.78, 5) is 10.4. The van der Waals surface area contributed by atoms with Crippen LogP contribution in [0.25, 0.3) is 11.5 Å². The Morgan fingerprint density at radius 2 is 2.44 bits per heavy atom. The van der Waals surface area contributed by atoms with E-state index in [1.54, 1.807) is 0 Å². The highest BCUT2D eigenvalue weighted by molar-refractivity contribution is 5.49. The van der Waals surface area contributed by atoms with Gasteiger partial charge in [0.2, 0.25) is 0 Å². The molecule has 2 rings (SSSR count). The van der Waals surface area contributed by atoms with Crippen LogP contribution in [-0.4, -0.2) is 5.16 Å². The van der Waals surface area contributed by atoms with E-state index in [-0.39, 0.29) is 5.63 Å². The molecule has 9 heavy (non-hydrogen) atoms. The Morgan fingerprint density at radius 1 is 1.56 bits per heavy atom. The zero-order chi connectivity index (χ0) is 6.27. The lowest BCUT2D eigenvalue weighted by Crippen LogP contribution is -1.84. The Bertz CT molecular complexity index is 300. The van der Waals surface area contributed by atoms with Crippen LogP contribution in [0, 0.1) is 0 Å². The Labute approximate surface area is 49.4 Å². The first-order chi connectivity index (χ1) is 4.36. The van der Waals surface area contributed by atoms with Crippen LogP contribution < -0.4 is 5.63 Å². The summed E-state index contributed by atoms with van der Waals surface area (Å²) in [6.45, 7) is 0. The Hall–Kier alpha value is -1.45. The Kier molecular flexibility index (Phi) is 0.631. The maximum absolute atomic E-state index is 10.4. The number of nitrogens with one attached hydrogen (secondary N) is 1. The molecule has 0 fully saturated rings. The summed E-state index contributed by atoms with van der Waals surface area (Å²) in [7, 11) is 0. The van der Waals surface area contributed by atoms with Gasteiger partial charge in [0.25, 0.3) is 0 Å². The minimum Gasteiger partial charge on any atom is -0.418 e. The summed E-state index contributed by atoms with van der Waals surface area (Å²) in [5.41, 5.74) is 0.243. The second-order valence-corrected chi connectivity index (χ2v) is 1.68. The fourth-order valence-electron chi connectivity index (χ4n) is 0.696. The van der Waals surface area contributed by atoms with E-state index in [2.05, 4.69) is 14.1 Å². The third-order valence-corrected chi connectivity index (χ3v) is 1.07. The maximum atomic E-state index is 10.4. The highest BCUT2D eigenvalue weighted by Crippen LogP contribution is 2.15. The van der Waals surface area contributed by atoms with E-state index in [1.807, 2.05) is 0 Å². The number of fused-ring (bicyclic) bond motifs is 1. The van der Waals surface area contributed by atoms with Crippen LogP contribution in [0.2, 0.25) is 0 Å². The van der Waals surface area contributed by atoms with Crippen LogP contribution in [0.1, 0.15) is 0 Å². The molecule has 1 N–H and O–H groups in total. The van der Waals surface area contributed by atoms with Crippen molar-refractivity contribution >= 4 is 0 Å². The van der Waals surface area contributed by atoms with Crippen molar-refractivity contribution in [2.24, 2.45) is 0 Å². The predicted molar refractivity (Wildman–Crippen MR) is 28.2 cm³/mol. The van der Waals surface area contributed by atoms with Crippen molar-refractivity contribution < 1.29 is 8.94 Å². The lowest BCUT2D eigenvalue weighted by Gasteiger charge is -1.71. The van der Waals surface area contributed by atoms with Gasteiger partial charge in [0.15, 0.2) is 12.0 Å². The molecule has 4 heteroatoms. The SMILES string of the molecule is O=c1cc2[nH]occ-2o1. The third kappa shape index (κ3) is 0.495. The number of rotatable bonds is 0. The zero-order valence-electron chi connectivity index (χ0n) is 4.38. The van der Waals surface area contributed by atoms with Crippen LogP contribution in [0.3, 0.4) is 0 Å². The van der Waals surface area contributed by atoms with Gasteiger partial charge in [-0.3, -0.25) is 0 Å². The first kappa shape index (κ1) is 4.43. The quantitative estimate of drug-likeness (QED) is 0.562. The summed E-state index contributed by atoms with van der Waals surface area (Å²) < 4.78 is 9.23. The summed E-state index contributed by atoms with van der Waals surface area (Å²) in [6.07, 6.45) is 1.34. The van der Waals surface area contributed by atoms with E-state index in [4.69, 9.17) is 0 Å². The molecule has 0 saturated carbocycles. The fraction of sp³-hybridized carbons (Fsp3) is 0. The molecule has 46 valence electrons. The van der Waals surface area contributed by atoms with Crippen LogP contribution in [0.15, 0.2) is 26.1 Å². The maximum Gasteiger partial charge on any atom is 0.338 e. The molecule has 0 amide bonds. The second-order valence-electron chi connectivity index (χ2n) is 1.68. The van der Waals surface area contributed by atoms with Crippen molar-refractivity contribution in [2.75, 3.05) is 0 Å². The van der Waals surface area contributed by atoms with Crippen molar-refractivity contribution in [3.8, 4) is 11.5 Å². The van der Waals surface area contributed by atoms with Gasteiger partial charge in [-0.2, -0.15) is 0 Å². The number of hydrogen-bond donors (Lipinski definition) is 1. The highest BCUT2D eigenvalue weighted by Gasteiger charge is 2.08. The second kappa shape index (κ2) is 1.28. The number of furan rings is 1. The average Bonchev–Trinajstić information content (AvgIpc) is 2.22. The lowest BCUT2D eigenvalue weighted by molar-refractivity contribution is 0.419. The summed E-state index contributed by atoms with van der Waals surface area (Å²) >= 11 is 0. The largest absolute Gasteiger partial charge is 0.418 e. The first-order valence-electron chi connectivity index (χ1n) is 2.42. The molecule has 4 nitrogen and oxygen atoms in total. The van der Waals surface area contributed by atoms with E-state index in [0.29, 0.717) is 11.5 Å². The van der Waals surface area contributed by atoms with E-state index in [1.165, 1.54) is 12.3 Å². The number of aromatic nitrogens is 1. The molecule has 0 aromatic heterocycles. The number of aromatic amines is 1. The minimum atomic E-state index is -0.355. The monoisotopic (exact) mass is 125 g/mol. The summed E-state index contributed by atoms with van der Waals surface area (Å²) in [5.74, 6) is 0.458. The molecule has 0 radical (unpaired) electrons. The molecule has 0 bridgehead atoms. The predicted octanol–water partition coefficient (Wildman–Crippen LogP) is 0.666. The summed E-state index contributed by atoms with van der Waals surface area (Å²) in [6, 6.07) is 1.33. The van der Waals surface area contributed by atoms with E-state index in [0.717, 1.165) is 0 Å². The normalized spacial score (nSPS) is 10.7. The number of hydrogen-bond acceptors (Lipinski definition) is 3. The fourth-order valence-corrected chi connectivity index (χ4v) is 0.696. The van der Waals surface area contributed by atoms with E-state index < -0.39 is 0 Å². The molecule has 0 aliphatic carbocycles. The molecule has 0 aromatic rings. The van der Waals surface area contributed by atoms with Gasteiger partial charge >= 0.3 is 5.63 Å². The van der Waals surface area contributed by atoms with Crippen molar-refractivity contribution in [1.29, 1.82) is 0 Å². The molecular formula is C5H3NO3. The zero-order valence-corrected chi connectivity index (χ0v) is 4.38. The average molecular weight is 125 g/mol. The van der Waals surface area contributed by atoms with Gasteiger partial charge in [-0.1, -0.05) is 0 Å². The van der Waals surface area contributed by atoms with Gasteiger partial charge in [-0.25, -0.2) is 9.95 Å². The first-order valence-corrected chi connectivity index (χ1v) is 2.42. The van der Waals surface area contributed by atoms with Crippen LogP contribution >= 0.6 is 0 Å². The third-order valence-electron chi connectivity index (χ3n) is 1.07. The summed E-state index contributed by atoms with van der Waals surface area (Å²) in [5, 5.41) is 2.47. The molecular weight excluding hydrogens is 122 g/mol. The molecule has 0 atom stereocenters. The highest BCUT2D eigenvalue weighted by atomic mass is 16.5. The smallest absolute Gasteiger partial charge is 0.338 e. The van der Waals surface area contributed by atoms with E-state index in [9.17, 15) is 4.79 Å². The van der Waals surface area contributed by atoms with Crippen LogP contribution in [0.4, 0.5) is 0 Å². The topological polar surface area (TPSA) is 59.1 Å². The van der Waals surface area contributed by atoms with Gasteiger partial charge in [0, 0.05) is 0 Å². The van der Waals surface area contributed by atoms with Gasteiger partial charge < -0.3 is 8.94 Å². The molecule has 0 aromatic carbocycles. The minimum absolute atomic E-state index is 0.355. The molecule has 0 unspecified atom stereocenters. The molecule has 0 saturated heterocycles. The van der Waals surface area contributed by atoms with Crippen molar-refractivity contribution in [3.63, 3.8) is 0 Å². The van der Waals surface area contributed by atoms with Crippen molar-refractivity contribution in [3.05, 3.63) is 22.7 Å². The van der Waals surface area contributed by atoms with Crippen molar-refractivity contribution in [1.82, 2.24) is 5.16 Å². The Morgan fingerprint density at radius 3 is 3.22 bits per heavy atom. The lowest BCUT2D eigenvalue weighted by atomic mass is 10.4. The Balaban J connectivity index is 2.91.